The Morgan fingerprint density at radius 2 is 2.29 bits per heavy atom. The van der Waals surface area contributed by atoms with Crippen molar-refractivity contribution in [2.24, 2.45) is 0 Å². The van der Waals surface area contributed by atoms with Crippen molar-refractivity contribution in [1.82, 2.24) is 10.2 Å². The van der Waals surface area contributed by atoms with Crippen LogP contribution in [0.5, 0.6) is 5.88 Å². The predicted molar refractivity (Wildman–Crippen MR) is 61.3 cm³/mol. The van der Waals surface area contributed by atoms with Crippen LogP contribution in [-0.4, -0.2) is 24.5 Å². The summed E-state index contributed by atoms with van der Waals surface area (Å²) in [7, 11) is -1.16. The molecule has 0 aliphatic rings. The summed E-state index contributed by atoms with van der Waals surface area (Å²) < 4.78 is 5.63. The van der Waals surface area contributed by atoms with E-state index >= 15 is 0 Å². The lowest BCUT2D eigenvalue weighted by Crippen LogP contribution is -2.34. The van der Waals surface area contributed by atoms with E-state index in [1.807, 2.05) is 6.07 Å². The van der Waals surface area contributed by atoms with Gasteiger partial charge in [-0.15, -0.1) is 5.10 Å². The number of nitrogens with zero attached hydrogens (tertiary/aromatic N) is 1. The fraction of sp³-hybridized carbons (Fsp3) is 0.700. The number of hydrogen-bond acceptors (Lipinski definition) is 2. The second-order valence-corrected chi connectivity index (χ2v) is 9.59. The summed E-state index contributed by atoms with van der Waals surface area (Å²) in [4.78, 5) is 0. The first-order chi connectivity index (χ1) is 6.64. The average molecular weight is 212 g/mol. The Morgan fingerprint density at radius 1 is 1.50 bits per heavy atom. The van der Waals surface area contributed by atoms with Crippen LogP contribution in [0.2, 0.25) is 19.1 Å². The molecule has 1 aromatic rings. The van der Waals surface area contributed by atoms with Crippen LogP contribution < -0.4 is 4.74 Å². The zero-order valence-electron chi connectivity index (χ0n) is 9.34. The molecule has 0 saturated heterocycles. The molecule has 0 aromatic carbocycles. The smallest absolute Gasteiger partial charge is 0.232 e. The van der Waals surface area contributed by atoms with Gasteiger partial charge in [-0.25, -0.2) is 0 Å². The molecule has 0 atom stereocenters. The fourth-order valence-electron chi connectivity index (χ4n) is 1.32. The molecule has 0 spiro atoms. The number of unbranched alkanes of at least 4 members (excludes halogenated alkanes) is 1. The average Bonchev–Trinajstić information content (AvgIpc) is 2.64. The maximum Gasteiger partial charge on any atom is 0.232 e. The van der Waals surface area contributed by atoms with E-state index in [1.54, 1.807) is 6.20 Å². The number of rotatable bonds is 6. The molecule has 14 heavy (non-hydrogen) atoms. The number of H-pyrrole nitrogens is 1. The van der Waals surface area contributed by atoms with Crippen molar-refractivity contribution in [1.29, 1.82) is 0 Å². The van der Waals surface area contributed by atoms with E-state index in [9.17, 15) is 0 Å². The standard InChI is InChI=1S/C10H20N2OSi/c1-4-5-8-14(2,3)9-13-10-6-7-11-12-10/h6-7H,4-5,8-9H2,1-3H3,(H,11,12). The van der Waals surface area contributed by atoms with Gasteiger partial charge in [-0.1, -0.05) is 38.9 Å². The normalized spacial score (nSPS) is 11.6. The monoisotopic (exact) mass is 212 g/mol. The summed E-state index contributed by atoms with van der Waals surface area (Å²) in [5.41, 5.74) is 0. The molecule has 4 heteroatoms. The summed E-state index contributed by atoms with van der Waals surface area (Å²) in [5.74, 6) is 0.724. The van der Waals surface area contributed by atoms with Crippen LogP contribution in [0.3, 0.4) is 0 Å². The maximum atomic E-state index is 5.63. The summed E-state index contributed by atoms with van der Waals surface area (Å²) in [6, 6.07) is 3.21. The predicted octanol–water partition coefficient (Wildman–Crippen LogP) is 2.84. The van der Waals surface area contributed by atoms with E-state index in [1.165, 1.54) is 18.9 Å². The number of ether oxygens (including phenoxy) is 1. The summed E-state index contributed by atoms with van der Waals surface area (Å²) >= 11 is 0. The zero-order valence-corrected chi connectivity index (χ0v) is 10.3. The molecular formula is C10H20N2OSi. The van der Waals surface area contributed by atoms with Gasteiger partial charge in [0.15, 0.2) is 0 Å². The van der Waals surface area contributed by atoms with Crippen LogP contribution in [0.1, 0.15) is 19.8 Å². The van der Waals surface area contributed by atoms with Crippen LogP contribution in [-0.2, 0) is 0 Å². The van der Waals surface area contributed by atoms with Crippen molar-refractivity contribution in [2.45, 2.75) is 38.9 Å². The minimum Gasteiger partial charge on any atom is -0.480 e. The third-order valence-corrected chi connectivity index (χ3v) is 4.93. The highest BCUT2D eigenvalue weighted by molar-refractivity contribution is 6.77. The van der Waals surface area contributed by atoms with Gasteiger partial charge in [0.25, 0.3) is 0 Å². The van der Waals surface area contributed by atoms with E-state index in [2.05, 4.69) is 30.2 Å². The minimum absolute atomic E-state index is 0.724. The molecule has 80 valence electrons. The molecule has 1 N–H and O–H groups in total. The highest BCUT2D eigenvalue weighted by Gasteiger charge is 2.21. The number of hydrogen-bond donors (Lipinski definition) is 1. The van der Waals surface area contributed by atoms with Gasteiger partial charge in [-0.05, 0) is 0 Å². The lowest BCUT2D eigenvalue weighted by Gasteiger charge is -2.21. The lowest BCUT2D eigenvalue weighted by atomic mass is 10.4. The molecule has 0 unspecified atom stereocenters. The van der Waals surface area contributed by atoms with Gasteiger partial charge in [0.1, 0.15) is 0 Å². The Hall–Kier alpha value is -0.773. The first-order valence-corrected chi connectivity index (χ1v) is 8.68. The molecule has 0 bridgehead atoms. The number of aromatic nitrogens is 2. The Labute approximate surface area is 86.9 Å². The van der Waals surface area contributed by atoms with Gasteiger partial charge in [-0.2, -0.15) is 0 Å². The van der Waals surface area contributed by atoms with Crippen molar-refractivity contribution >= 4 is 8.07 Å². The quantitative estimate of drug-likeness (QED) is 0.736. The second kappa shape index (κ2) is 5.19. The summed E-state index contributed by atoms with van der Waals surface area (Å²) in [5, 5.41) is 6.72. The zero-order chi connectivity index (χ0) is 10.4. The molecule has 0 radical (unpaired) electrons. The Balaban J connectivity index is 2.28. The van der Waals surface area contributed by atoms with Gasteiger partial charge >= 0.3 is 0 Å². The van der Waals surface area contributed by atoms with Crippen molar-refractivity contribution in [2.75, 3.05) is 6.23 Å². The topological polar surface area (TPSA) is 37.9 Å². The summed E-state index contributed by atoms with van der Waals surface area (Å²) in [6.07, 6.45) is 5.26. The number of nitrogens with one attached hydrogen (secondary N) is 1. The Morgan fingerprint density at radius 3 is 2.86 bits per heavy atom. The van der Waals surface area contributed by atoms with Crippen molar-refractivity contribution < 1.29 is 4.74 Å². The van der Waals surface area contributed by atoms with Gasteiger partial charge in [0.05, 0.1) is 14.3 Å². The van der Waals surface area contributed by atoms with Crippen molar-refractivity contribution in [3.63, 3.8) is 0 Å². The molecule has 0 saturated carbocycles. The van der Waals surface area contributed by atoms with Crippen LogP contribution >= 0.6 is 0 Å². The van der Waals surface area contributed by atoms with Gasteiger partial charge in [-0.3, -0.25) is 5.10 Å². The van der Waals surface area contributed by atoms with Crippen LogP contribution in [0.15, 0.2) is 12.3 Å². The SMILES string of the molecule is CCCC[Si](C)(C)COc1cc[nH]n1. The van der Waals surface area contributed by atoms with E-state index in [4.69, 9.17) is 4.74 Å². The number of aromatic amines is 1. The van der Waals surface area contributed by atoms with Gasteiger partial charge in [0.2, 0.25) is 5.88 Å². The molecule has 0 aliphatic carbocycles. The summed E-state index contributed by atoms with van der Waals surface area (Å²) in [6.45, 7) is 6.98. The van der Waals surface area contributed by atoms with Gasteiger partial charge in [0, 0.05) is 12.3 Å². The van der Waals surface area contributed by atoms with E-state index < -0.39 is 8.07 Å². The largest absolute Gasteiger partial charge is 0.480 e. The minimum atomic E-state index is -1.16. The van der Waals surface area contributed by atoms with Crippen LogP contribution in [0.4, 0.5) is 0 Å². The Bertz CT molecular complexity index is 247. The highest BCUT2D eigenvalue weighted by Crippen LogP contribution is 2.15. The molecule has 1 aromatic heterocycles. The van der Waals surface area contributed by atoms with Crippen LogP contribution in [0.25, 0.3) is 0 Å². The molecule has 3 nitrogen and oxygen atoms in total. The van der Waals surface area contributed by atoms with Crippen LogP contribution in [0, 0.1) is 0 Å². The molecule has 0 amide bonds. The highest BCUT2D eigenvalue weighted by atomic mass is 28.3. The molecule has 1 heterocycles. The molecule has 0 aliphatic heterocycles. The molecule has 1 rings (SSSR count). The first kappa shape index (κ1) is 11.3. The maximum absolute atomic E-state index is 5.63. The van der Waals surface area contributed by atoms with Gasteiger partial charge < -0.3 is 4.74 Å². The molecular weight excluding hydrogens is 192 g/mol. The van der Waals surface area contributed by atoms with Crippen molar-refractivity contribution in [3.8, 4) is 5.88 Å². The lowest BCUT2D eigenvalue weighted by molar-refractivity contribution is 0.360. The Kier molecular flexibility index (Phi) is 4.19. The first-order valence-electron chi connectivity index (χ1n) is 5.26. The van der Waals surface area contributed by atoms with E-state index in [-0.39, 0.29) is 0 Å². The molecule has 0 fully saturated rings. The fourth-order valence-corrected chi connectivity index (χ4v) is 3.32. The third-order valence-electron chi connectivity index (χ3n) is 2.29. The van der Waals surface area contributed by atoms with E-state index in [0.29, 0.717) is 0 Å². The van der Waals surface area contributed by atoms with E-state index in [0.717, 1.165) is 12.1 Å². The third kappa shape index (κ3) is 3.96. The second-order valence-electron chi connectivity index (χ2n) is 4.47. The van der Waals surface area contributed by atoms with Crippen molar-refractivity contribution in [3.05, 3.63) is 12.3 Å².